The van der Waals surface area contributed by atoms with E-state index >= 15 is 0 Å². The number of carboxylic acids is 2. The average Bonchev–Trinajstić information content (AvgIpc) is 3.12. The lowest BCUT2D eigenvalue weighted by atomic mass is 9.99. The van der Waals surface area contributed by atoms with Crippen molar-refractivity contribution < 1.29 is 29.4 Å². The van der Waals surface area contributed by atoms with Crippen LogP contribution < -0.4 is 10.6 Å². The predicted molar refractivity (Wildman–Crippen MR) is 185 cm³/mol. The highest BCUT2D eigenvalue weighted by Gasteiger charge is 2.18. The van der Waals surface area contributed by atoms with E-state index < -0.39 is 23.8 Å². The summed E-state index contributed by atoms with van der Waals surface area (Å²) in [6, 6.07) is 42.2. The van der Waals surface area contributed by atoms with Crippen LogP contribution in [0.15, 0.2) is 146 Å². The van der Waals surface area contributed by atoms with Gasteiger partial charge in [-0.1, -0.05) is 97.1 Å². The molecule has 2 amide bonds. The fraction of sp³-hybridized carbons (Fsp3) is 0. The lowest BCUT2D eigenvalue weighted by Crippen LogP contribution is -2.15. The molecule has 4 N–H and O–H groups in total. The maximum atomic E-state index is 13.2. The highest BCUT2D eigenvalue weighted by Crippen LogP contribution is 2.30. The van der Waals surface area contributed by atoms with Crippen LogP contribution in [0, 0.1) is 0 Å². The minimum atomic E-state index is -1.26. The molecular formula is C40H28N2O6. The third kappa shape index (κ3) is 6.88. The second-order valence-corrected chi connectivity index (χ2v) is 10.9. The van der Waals surface area contributed by atoms with Gasteiger partial charge in [-0.2, -0.15) is 0 Å². The van der Waals surface area contributed by atoms with Crippen molar-refractivity contribution in [1.29, 1.82) is 0 Å². The van der Waals surface area contributed by atoms with Gasteiger partial charge in [-0.15, -0.1) is 0 Å². The number of hydrogen-bond donors (Lipinski definition) is 4. The molecule has 0 fully saturated rings. The van der Waals surface area contributed by atoms with Gasteiger partial charge in [-0.25, -0.2) is 9.59 Å². The van der Waals surface area contributed by atoms with Gasteiger partial charge in [0, 0.05) is 11.1 Å². The summed E-state index contributed by atoms with van der Waals surface area (Å²) in [7, 11) is 0. The molecule has 6 aromatic carbocycles. The molecule has 0 spiro atoms. The summed E-state index contributed by atoms with van der Waals surface area (Å²) in [6.07, 6.45) is 0. The summed E-state index contributed by atoms with van der Waals surface area (Å²) in [5.74, 6) is -3.48. The Morgan fingerprint density at radius 2 is 0.771 bits per heavy atom. The number of anilines is 2. The second kappa shape index (κ2) is 13.7. The van der Waals surface area contributed by atoms with Gasteiger partial charge in [0.25, 0.3) is 11.8 Å². The quantitative estimate of drug-likeness (QED) is 0.126. The lowest BCUT2D eigenvalue weighted by molar-refractivity contribution is 0.0687. The van der Waals surface area contributed by atoms with E-state index in [1.807, 2.05) is 84.9 Å². The van der Waals surface area contributed by atoms with Crippen LogP contribution in [0.2, 0.25) is 0 Å². The molecule has 8 heteroatoms. The van der Waals surface area contributed by atoms with E-state index in [4.69, 9.17) is 0 Å². The van der Waals surface area contributed by atoms with Gasteiger partial charge in [0.1, 0.15) is 0 Å². The number of carbonyl (C=O) groups is 4. The van der Waals surface area contributed by atoms with Crippen LogP contribution in [-0.4, -0.2) is 34.0 Å². The smallest absolute Gasteiger partial charge is 0.337 e. The Balaban J connectivity index is 1.23. The van der Waals surface area contributed by atoms with Crippen LogP contribution in [0.25, 0.3) is 33.4 Å². The largest absolute Gasteiger partial charge is 0.478 e. The highest BCUT2D eigenvalue weighted by molar-refractivity contribution is 6.10. The molecule has 0 bridgehead atoms. The molecule has 0 aromatic heterocycles. The molecule has 0 aliphatic heterocycles. The van der Waals surface area contributed by atoms with E-state index in [1.54, 1.807) is 30.3 Å². The van der Waals surface area contributed by atoms with E-state index in [2.05, 4.69) is 10.6 Å². The van der Waals surface area contributed by atoms with Crippen LogP contribution in [0.3, 0.4) is 0 Å². The first-order chi connectivity index (χ1) is 23.3. The first-order valence-corrected chi connectivity index (χ1v) is 15.0. The summed E-state index contributed by atoms with van der Waals surface area (Å²) in [5, 5.41) is 25.2. The number of benzene rings is 6. The molecular weight excluding hydrogens is 604 g/mol. The molecule has 0 unspecified atom stereocenters. The standard InChI is InChI=1S/C40H28N2O6/c43-37(29-15-11-27(12-16-29)25-7-3-1-4-8-25)41-35-22-20-31(23-34(35)40(47)48)32-19-21-33(39(45)46)36(24-32)42-38(44)30-17-13-28(14-18-30)26-9-5-2-6-10-26/h1-24H,(H,41,43)(H,42,44)(H,45,46)(H,47,48). The maximum absolute atomic E-state index is 13.2. The Morgan fingerprint density at radius 3 is 1.25 bits per heavy atom. The molecule has 6 aromatic rings. The monoisotopic (exact) mass is 632 g/mol. The summed E-state index contributed by atoms with van der Waals surface area (Å²) in [5.41, 5.74) is 5.31. The fourth-order valence-electron chi connectivity index (χ4n) is 5.30. The molecule has 6 rings (SSSR count). The Morgan fingerprint density at radius 1 is 0.375 bits per heavy atom. The Labute approximate surface area is 276 Å². The third-order valence-corrected chi connectivity index (χ3v) is 7.84. The van der Waals surface area contributed by atoms with Gasteiger partial charge in [0.05, 0.1) is 22.5 Å². The van der Waals surface area contributed by atoms with E-state index in [0.717, 1.165) is 22.3 Å². The van der Waals surface area contributed by atoms with Crippen molar-refractivity contribution >= 4 is 35.1 Å². The van der Waals surface area contributed by atoms with Gasteiger partial charge in [0.2, 0.25) is 0 Å². The molecule has 0 radical (unpaired) electrons. The minimum Gasteiger partial charge on any atom is -0.478 e. The number of carbonyl (C=O) groups excluding carboxylic acids is 2. The first kappa shape index (κ1) is 31.2. The van der Waals surface area contributed by atoms with Gasteiger partial charge in [-0.3, -0.25) is 9.59 Å². The third-order valence-electron chi connectivity index (χ3n) is 7.84. The molecule has 0 saturated heterocycles. The number of hydrogen-bond acceptors (Lipinski definition) is 4. The second-order valence-electron chi connectivity index (χ2n) is 10.9. The van der Waals surface area contributed by atoms with Crippen molar-refractivity contribution in [3.05, 3.63) is 168 Å². The molecule has 0 aliphatic rings. The van der Waals surface area contributed by atoms with Gasteiger partial charge < -0.3 is 20.8 Å². The SMILES string of the molecule is O=C(Nc1cc(-c2ccc(NC(=O)c3ccc(-c4ccccc4)cc3)c(C(=O)O)c2)ccc1C(=O)O)c1ccc(-c2ccccc2)cc1. The molecule has 0 saturated carbocycles. The normalized spacial score (nSPS) is 10.6. The van der Waals surface area contributed by atoms with Crippen LogP contribution in [0.1, 0.15) is 41.4 Å². The predicted octanol–water partition coefficient (Wildman–Crippen LogP) is 8.59. The van der Waals surface area contributed by atoms with Crippen molar-refractivity contribution in [2.75, 3.05) is 10.6 Å². The summed E-state index contributed by atoms with van der Waals surface area (Å²) in [4.78, 5) is 50.5. The van der Waals surface area contributed by atoms with Crippen molar-refractivity contribution in [2.45, 2.75) is 0 Å². The van der Waals surface area contributed by atoms with E-state index in [-0.39, 0.29) is 22.5 Å². The van der Waals surface area contributed by atoms with Crippen LogP contribution in [0.4, 0.5) is 11.4 Å². The zero-order chi connectivity index (χ0) is 33.6. The van der Waals surface area contributed by atoms with Crippen LogP contribution in [-0.2, 0) is 0 Å². The number of aromatic carboxylic acids is 2. The Kier molecular flexibility index (Phi) is 8.89. The zero-order valence-corrected chi connectivity index (χ0v) is 25.4. The number of carboxylic acid groups (broad SMARTS) is 2. The van der Waals surface area contributed by atoms with Crippen molar-refractivity contribution in [2.24, 2.45) is 0 Å². The molecule has 48 heavy (non-hydrogen) atoms. The van der Waals surface area contributed by atoms with E-state index in [0.29, 0.717) is 22.3 Å². The summed E-state index contributed by atoms with van der Waals surface area (Å²) < 4.78 is 0. The molecule has 0 heterocycles. The van der Waals surface area contributed by atoms with Gasteiger partial charge in [-0.05, 0) is 81.9 Å². The number of amides is 2. The minimum absolute atomic E-state index is 0.0466. The Hall–Kier alpha value is -6.80. The van der Waals surface area contributed by atoms with Gasteiger partial charge >= 0.3 is 11.9 Å². The van der Waals surface area contributed by atoms with Crippen molar-refractivity contribution in [1.82, 2.24) is 0 Å². The van der Waals surface area contributed by atoms with Crippen molar-refractivity contribution in [3.63, 3.8) is 0 Å². The van der Waals surface area contributed by atoms with Crippen LogP contribution >= 0.6 is 0 Å². The van der Waals surface area contributed by atoms with Crippen LogP contribution in [0.5, 0.6) is 0 Å². The average molecular weight is 633 g/mol. The molecule has 0 atom stereocenters. The zero-order valence-electron chi connectivity index (χ0n) is 25.4. The van der Waals surface area contributed by atoms with E-state index in [1.165, 1.54) is 30.3 Å². The summed E-state index contributed by atoms with van der Waals surface area (Å²) >= 11 is 0. The molecule has 0 aliphatic carbocycles. The maximum Gasteiger partial charge on any atom is 0.337 e. The van der Waals surface area contributed by atoms with Crippen molar-refractivity contribution in [3.8, 4) is 33.4 Å². The molecule has 8 nitrogen and oxygen atoms in total. The summed E-state index contributed by atoms with van der Waals surface area (Å²) in [6.45, 7) is 0. The lowest BCUT2D eigenvalue weighted by Gasteiger charge is -2.14. The fourth-order valence-corrected chi connectivity index (χ4v) is 5.30. The topological polar surface area (TPSA) is 133 Å². The van der Waals surface area contributed by atoms with Gasteiger partial charge in [0.15, 0.2) is 0 Å². The first-order valence-electron chi connectivity index (χ1n) is 15.0. The highest BCUT2D eigenvalue weighted by atomic mass is 16.4. The number of nitrogens with one attached hydrogen (secondary N) is 2. The van der Waals surface area contributed by atoms with E-state index in [9.17, 15) is 29.4 Å². The number of rotatable bonds is 9. The Bertz CT molecular complexity index is 2140. The molecule has 234 valence electrons.